The van der Waals surface area contributed by atoms with Crippen LogP contribution in [0.3, 0.4) is 0 Å². The van der Waals surface area contributed by atoms with Gasteiger partial charge in [-0.3, -0.25) is 4.98 Å². The minimum absolute atomic E-state index is 0.684. The third-order valence-electron chi connectivity index (χ3n) is 2.90. The lowest BCUT2D eigenvalue weighted by atomic mass is 10.00. The molecule has 1 aromatic heterocycles. The molecule has 2 aromatic rings. The van der Waals surface area contributed by atoms with E-state index in [4.69, 9.17) is 0 Å². The Bertz CT molecular complexity index is 512. The summed E-state index contributed by atoms with van der Waals surface area (Å²) in [5, 5.41) is 1.26. The van der Waals surface area contributed by atoms with Crippen LogP contribution >= 0.6 is 0 Å². The summed E-state index contributed by atoms with van der Waals surface area (Å²) in [6.07, 6.45) is 1.11. The molecular formula is C15H19N. The molecule has 16 heavy (non-hydrogen) atoms. The quantitative estimate of drug-likeness (QED) is 0.733. The Morgan fingerprint density at radius 3 is 2.56 bits per heavy atom. The number of hydrogen-bond donors (Lipinski definition) is 0. The molecule has 0 N–H and O–H groups in total. The minimum Gasteiger partial charge on any atom is -0.253 e. The Morgan fingerprint density at radius 1 is 1.12 bits per heavy atom. The van der Waals surface area contributed by atoms with Gasteiger partial charge in [-0.2, -0.15) is 0 Å². The van der Waals surface area contributed by atoms with Gasteiger partial charge in [-0.15, -0.1) is 0 Å². The third-order valence-corrected chi connectivity index (χ3v) is 2.90. The summed E-state index contributed by atoms with van der Waals surface area (Å²) in [4.78, 5) is 4.69. The topological polar surface area (TPSA) is 12.9 Å². The van der Waals surface area contributed by atoms with Crippen molar-refractivity contribution in [3.8, 4) is 0 Å². The molecule has 0 aliphatic rings. The highest BCUT2D eigenvalue weighted by atomic mass is 14.7. The highest BCUT2D eigenvalue weighted by molar-refractivity contribution is 5.80. The molecule has 0 unspecified atom stereocenters. The molecule has 0 saturated heterocycles. The van der Waals surface area contributed by atoms with E-state index < -0.39 is 0 Å². The van der Waals surface area contributed by atoms with Gasteiger partial charge in [0.15, 0.2) is 0 Å². The van der Waals surface area contributed by atoms with E-state index in [1.54, 1.807) is 0 Å². The van der Waals surface area contributed by atoms with Crippen molar-refractivity contribution in [3.05, 3.63) is 41.1 Å². The van der Waals surface area contributed by atoms with Gasteiger partial charge in [0.1, 0.15) is 0 Å². The van der Waals surface area contributed by atoms with Gasteiger partial charge in [0.25, 0.3) is 0 Å². The smallest absolute Gasteiger partial charge is 0.0708 e. The first-order valence-electron chi connectivity index (χ1n) is 5.93. The SMILES string of the molecule is Cc1ccc2cc(CC(C)C)c(C)nc2c1. The van der Waals surface area contributed by atoms with Gasteiger partial charge in [0.2, 0.25) is 0 Å². The normalized spacial score (nSPS) is 11.3. The standard InChI is InChI=1S/C15H19N/c1-10(2)7-14-9-13-6-5-11(3)8-15(13)16-12(14)4/h5-6,8-10H,7H2,1-4H3. The van der Waals surface area contributed by atoms with E-state index in [9.17, 15) is 0 Å². The number of fused-ring (bicyclic) bond motifs is 1. The van der Waals surface area contributed by atoms with Gasteiger partial charge in [0.05, 0.1) is 5.52 Å². The number of rotatable bonds is 2. The Balaban J connectivity index is 2.54. The number of benzene rings is 1. The first kappa shape index (κ1) is 11.1. The summed E-state index contributed by atoms with van der Waals surface area (Å²) in [5.41, 5.74) is 4.94. The summed E-state index contributed by atoms with van der Waals surface area (Å²) in [5.74, 6) is 0.684. The van der Waals surface area contributed by atoms with Crippen LogP contribution in [0.5, 0.6) is 0 Å². The maximum absolute atomic E-state index is 4.69. The molecule has 84 valence electrons. The average Bonchev–Trinajstić information content (AvgIpc) is 2.19. The van der Waals surface area contributed by atoms with Crippen LogP contribution in [0, 0.1) is 19.8 Å². The van der Waals surface area contributed by atoms with E-state index in [-0.39, 0.29) is 0 Å². The van der Waals surface area contributed by atoms with Crippen LogP contribution in [0.2, 0.25) is 0 Å². The Hall–Kier alpha value is -1.37. The zero-order valence-electron chi connectivity index (χ0n) is 10.5. The highest BCUT2D eigenvalue weighted by Crippen LogP contribution is 2.20. The van der Waals surface area contributed by atoms with Crippen molar-refractivity contribution < 1.29 is 0 Å². The van der Waals surface area contributed by atoms with E-state index >= 15 is 0 Å². The maximum atomic E-state index is 4.69. The predicted molar refractivity (Wildman–Crippen MR) is 69.8 cm³/mol. The van der Waals surface area contributed by atoms with Gasteiger partial charge in [-0.1, -0.05) is 26.0 Å². The van der Waals surface area contributed by atoms with Gasteiger partial charge in [-0.25, -0.2) is 0 Å². The fraction of sp³-hybridized carbons (Fsp3) is 0.400. The maximum Gasteiger partial charge on any atom is 0.0708 e. The van der Waals surface area contributed by atoms with Crippen LogP contribution in [-0.2, 0) is 6.42 Å². The molecule has 0 atom stereocenters. The summed E-state index contributed by atoms with van der Waals surface area (Å²) in [6.45, 7) is 8.72. The van der Waals surface area contributed by atoms with Crippen molar-refractivity contribution in [1.82, 2.24) is 4.98 Å². The van der Waals surface area contributed by atoms with Crippen molar-refractivity contribution in [2.24, 2.45) is 5.92 Å². The molecular weight excluding hydrogens is 194 g/mol. The second kappa shape index (κ2) is 4.25. The zero-order valence-corrected chi connectivity index (χ0v) is 10.5. The number of aryl methyl sites for hydroxylation is 2. The van der Waals surface area contributed by atoms with Crippen LogP contribution in [0.1, 0.15) is 30.7 Å². The fourth-order valence-corrected chi connectivity index (χ4v) is 2.06. The van der Waals surface area contributed by atoms with Crippen LogP contribution in [0.15, 0.2) is 24.3 Å². The molecule has 0 radical (unpaired) electrons. The van der Waals surface area contributed by atoms with Gasteiger partial charge < -0.3 is 0 Å². The molecule has 0 aliphatic heterocycles. The van der Waals surface area contributed by atoms with Crippen LogP contribution in [0.4, 0.5) is 0 Å². The largest absolute Gasteiger partial charge is 0.253 e. The van der Waals surface area contributed by atoms with Crippen molar-refractivity contribution in [3.63, 3.8) is 0 Å². The molecule has 0 aliphatic carbocycles. The number of aromatic nitrogens is 1. The van der Waals surface area contributed by atoms with Crippen LogP contribution < -0.4 is 0 Å². The van der Waals surface area contributed by atoms with E-state index in [2.05, 4.69) is 56.9 Å². The summed E-state index contributed by atoms with van der Waals surface area (Å²) in [6, 6.07) is 8.76. The molecule has 0 fully saturated rings. The molecule has 1 aromatic carbocycles. The monoisotopic (exact) mass is 213 g/mol. The second-order valence-corrected chi connectivity index (χ2v) is 5.03. The lowest BCUT2D eigenvalue weighted by molar-refractivity contribution is 0.643. The van der Waals surface area contributed by atoms with Gasteiger partial charge in [0, 0.05) is 11.1 Å². The highest BCUT2D eigenvalue weighted by Gasteiger charge is 2.05. The second-order valence-electron chi connectivity index (χ2n) is 5.03. The van der Waals surface area contributed by atoms with E-state index in [1.165, 1.54) is 22.2 Å². The van der Waals surface area contributed by atoms with Crippen LogP contribution in [0.25, 0.3) is 10.9 Å². The lowest BCUT2D eigenvalue weighted by Crippen LogP contribution is -1.99. The molecule has 1 heterocycles. The van der Waals surface area contributed by atoms with Crippen molar-refractivity contribution in [2.45, 2.75) is 34.1 Å². The molecule has 0 spiro atoms. The number of nitrogens with zero attached hydrogens (tertiary/aromatic N) is 1. The first-order chi connectivity index (χ1) is 7.56. The van der Waals surface area contributed by atoms with E-state index in [0.717, 1.165) is 11.9 Å². The van der Waals surface area contributed by atoms with E-state index in [0.29, 0.717) is 5.92 Å². The fourth-order valence-electron chi connectivity index (χ4n) is 2.06. The first-order valence-corrected chi connectivity index (χ1v) is 5.93. The molecule has 0 saturated carbocycles. The van der Waals surface area contributed by atoms with Gasteiger partial charge >= 0.3 is 0 Å². The Morgan fingerprint density at radius 2 is 1.88 bits per heavy atom. The minimum atomic E-state index is 0.684. The van der Waals surface area contributed by atoms with Crippen LogP contribution in [-0.4, -0.2) is 4.98 Å². The number of hydrogen-bond acceptors (Lipinski definition) is 1. The molecule has 0 bridgehead atoms. The molecule has 1 heteroatoms. The van der Waals surface area contributed by atoms with Gasteiger partial charge in [-0.05, 0) is 49.4 Å². The Labute approximate surface area is 97.5 Å². The lowest BCUT2D eigenvalue weighted by Gasteiger charge is -2.10. The van der Waals surface area contributed by atoms with Crippen molar-refractivity contribution in [2.75, 3.05) is 0 Å². The summed E-state index contributed by atoms with van der Waals surface area (Å²) < 4.78 is 0. The van der Waals surface area contributed by atoms with E-state index in [1.807, 2.05) is 0 Å². The Kier molecular flexibility index (Phi) is 2.95. The van der Waals surface area contributed by atoms with Crippen molar-refractivity contribution in [1.29, 1.82) is 0 Å². The molecule has 0 amide bonds. The number of pyridine rings is 1. The zero-order chi connectivity index (χ0) is 11.7. The third kappa shape index (κ3) is 2.24. The molecule has 2 rings (SSSR count). The predicted octanol–water partition coefficient (Wildman–Crippen LogP) is 4.05. The van der Waals surface area contributed by atoms with Crippen molar-refractivity contribution >= 4 is 10.9 Å². The molecule has 1 nitrogen and oxygen atoms in total. The summed E-state index contributed by atoms with van der Waals surface area (Å²) in [7, 11) is 0. The average molecular weight is 213 g/mol. The summed E-state index contributed by atoms with van der Waals surface area (Å²) >= 11 is 0.